The zero-order chi connectivity index (χ0) is 38.2. The van der Waals surface area contributed by atoms with Crippen LogP contribution in [-0.4, -0.2) is 6.71 Å². The first-order chi connectivity index (χ1) is 29.2. The minimum atomic E-state index is 0.0379. The third kappa shape index (κ3) is 3.71. The summed E-state index contributed by atoms with van der Waals surface area (Å²) >= 11 is 0. The zero-order valence-corrected chi connectivity index (χ0v) is 33.4. The molecule has 7 aromatic rings. The van der Waals surface area contributed by atoms with Gasteiger partial charge < -0.3 is 9.80 Å². The molecule has 0 aromatic heterocycles. The topological polar surface area (TPSA) is 6.48 Å². The van der Waals surface area contributed by atoms with Crippen LogP contribution in [0.2, 0.25) is 0 Å². The molecule has 0 radical (unpaired) electrons. The Hall–Kier alpha value is -5.80. The van der Waals surface area contributed by atoms with E-state index in [0.29, 0.717) is 11.8 Å². The maximum Gasteiger partial charge on any atom is 0.252 e. The molecule has 4 fully saturated rings. The Morgan fingerprint density at radius 2 is 1.00 bits per heavy atom. The second-order valence-corrected chi connectivity index (χ2v) is 19.5. The highest BCUT2D eigenvalue weighted by Crippen LogP contribution is 2.70. The minimum Gasteiger partial charge on any atom is -0.311 e. The molecule has 2 nitrogen and oxygen atoms in total. The predicted octanol–water partition coefficient (Wildman–Crippen LogP) is 11.9. The summed E-state index contributed by atoms with van der Waals surface area (Å²) in [4.78, 5) is 5.45. The van der Waals surface area contributed by atoms with E-state index in [2.05, 4.69) is 161 Å². The van der Waals surface area contributed by atoms with Crippen molar-refractivity contribution in [1.29, 1.82) is 0 Å². The number of benzene rings is 7. The molecule has 4 saturated carbocycles. The Balaban J connectivity index is 1.13. The van der Waals surface area contributed by atoms with Crippen molar-refractivity contribution in [3.8, 4) is 22.3 Å². The van der Waals surface area contributed by atoms with Gasteiger partial charge >= 0.3 is 0 Å². The van der Waals surface area contributed by atoms with Gasteiger partial charge in [0, 0.05) is 50.4 Å². The Morgan fingerprint density at radius 1 is 0.441 bits per heavy atom. The van der Waals surface area contributed by atoms with Crippen LogP contribution in [0, 0.1) is 23.7 Å². The van der Waals surface area contributed by atoms with Crippen LogP contribution < -0.4 is 26.2 Å². The van der Waals surface area contributed by atoms with Crippen molar-refractivity contribution in [3.05, 3.63) is 174 Å². The summed E-state index contributed by atoms with van der Waals surface area (Å²) in [6.45, 7) is 0.0919. The molecule has 4 bridgehead atoms. The van der Waals surface area contributed by atoms with Crippen molar-refractivity contribution in [2.24, 2.45) is 23.7 Å². The number of fused-ring (bicyclic) bond motifs is 22. The van der Waals surface area contributed by atoms with E-state index in [4.69, 9.17) is 0 Å². The van der Waals surface area contributed by atoms with Gasteiger partial charge in [-0.15, -0.1) is 0 Å². The van der Waals surface area contributed by atoms with E-state index in [9.17, 15) is 0 Å². The van der Waals surface area contributed by atoms with Gasteiger partial charge in [-0.25, -0.2) is 0 Å². The number of rotatable bonds is 2. The van der Waals surface area contributed by atoms with E-state index in [1.54, 1.807) is 22.3 Å². The molecule has 2 aliphatic heterocycles. The van der Waals surface area contributed by atoms with Gasteiger partial charge in [0.2, 0.25) is 0 Å². The van der Waals surface area contributed by atoms with Gasteiger partial charge in [-0.1, -0.05) is 128 Å². The van der Waals surface area contributed by atoms with Gasteiger partial charge in [0.05, 0.1) is 5.69 Å². The molecule has 6 atom stereocenters. The molecule has 0 saturated heterocycles. The van der Waals surface area contributed by atoms with Crippen LogP contribution >= 0.6 is 0 Å². The molecule has 8 aliphatic rings. The summed E-state index contributed by atoms with van der Waals surface area (Å²) in [6.07, 6.45) is 10.7. The number of nitrogens with zero attached hydrogens (tertiary/aromatic N) is 2. The second kappa shape index (κ2) is 11.1. The molecule has 6 aliphatic carbocycles. The largest absolute Gasteiger partial charge is 0.311 e. The van der Waals surface area contributed by atoms with Gasteiger partial charge in [-0.2, -0.15) is 0 Å². The standard InChI is InChI=1S/C56H45BN2/c1-3-13-38(14-4-1)58-48-22-12-11-21-46(48)57-47-28-27-44-50(40-17-7-9-19-42(40)55(44)32-34-23-25-36(55)29-34)53(47)59(39-15-5-2-6-16-39)54-51-41-18-8-10-20-43(41)56(33-35-24-26-37(56)30-35)45(51)31-49(58)52(54)57/h1-22,27-28,31,34-37H,23-26,29-30,32-33H2/t34-,35+,36?,37?,55+,56+/m1/s1. The Bertz CT molecular complexity index is 2970. The lowest BCUT2D eigenvalue weighted by Crippen LogP contribution is -2.61. The molecule has 15 rings (SSSR count). The van der Waals surface area contributed by atoms with E-state index in [-0.39, 0.29) is 17.5 Å². The first-order valence-corrected chi connectivity index (χ1v) is 22.6. The Labute approximate surface area is 347 Å². The number of hydrogen-bond acceptors (Lipinski definition) is 2. The number of anilines is 6. The molecule has 282 valence electrons. The van der Waals surface area contributed by atoms with Gasteiger partial charge in [-0.05, 0) is 148 Å². The Kier molecular flexibility index (Phi) is 6.02. The SMILES string of the molecule is c1ccc(N2c3ccccc3B3c4ccc5c(c4N(c4ccccc4)c4c3c2cc2c4-c3ccccc3[C@@]23C[C@H]2CCC3C2)-c2ccccc2[C@@]52C[C@@H]3CCC2C3)cc1. The Morgan fingerprint density at radius 3 is 1.63 bits per heavy atom. The molecule has 7 aromatic carbocycles. The third-order valence-electron chi connectivity index (χ3n) is 17.3. The highest BCUT2D eigenvalue weighted by Gasteiger charge is 2.61. The van der Waals surface area contributed by atoms with Crippen LogP contribution in [0.5, 0.6) is 0 Å². The second-order valence-electron chi connectivity index (χ2n) is 19.5. The summed E-state index contributed by atoms with van der Waals surface area (Å²) in [5.41, 5.74) is 24.8. The minimum absolute atomic E-state index is 0.0379. The van der Waals surface area contributed by atoms with E-state index in [1.165, 1.54) is 124 Å². The smallest absolute Gasteiger partial charge is 0.252 e. The van der Waals surface area contributed by atoms with Gasteiger partial charge in [0.25, 0.3) is 6.71 Å². The number of para-hydroxylation sites is 3. The maximum atomic E-state index is 2.81. The maximum absolute atomic E-state index is 2.81. The van der Waals surface area contributed by atoms with Crippen molar-refractivity contribution in [2.75, 3.05) is 9.80 Å². The van der Waals surface area contributed by atoms with Crippen molar-refractivity contribution in [2.45, 2.75) is 62.2 Å². The van der Waals surface area contributed by atoms with Gasteiger partial charge in [0.1, 0.15) is 0 Å². The van der Waals surface area contributed by atoms with E-state index in [1.807, 2.05) is 0 Å². The average Bonchev–Trinajstić information content (AvgIpc) is 4.17. The van der Waals surface area contributed by atoms with E-state index < -0.39 is 0 Å². The van der Waals surface area contributed by atoms with Gasteiger partial charge in [-0.3, -0.25) is 0 Å². The van der Waals surface area contributed by atoms with E-state index in [0.717, 1.165) is 11.8 Å². The van der Waals surface area contributed by atoms with Gasteiger partial charge in [0.15, 0.2) is 0 Å². The highest BCUT2D eigenvalue weighted by atomic mass is 15.2. The zero-order valence-electron chi connectivity index (χ0n) is 33.4. The predicted molar refractivity (Wildman–Crippen MR) is 244 cm³/mol. The van der Waals surface area contributed by atoms with Crippen molar-refractivity contribution >= 4 is 57.2 Å². The molecule has 0 N–H and O–H groups in total. The lowest BCUT2D eigenvalue weighted by molar-refractivity contribution is 0.327. The molecular formula is C56H45BN2. The van der Waals surface area contributed by atoms with E-state index >= 15 is 0 Å². The number of hydrogen-bond donors (Lipinski definition) is 0. The van der Waals surface area contributed by atoms with Crippen molar-refractivity contribution in [3.63, 3.8) is 0 Å². The molecule has 3 heteroatoms. The monoisotopic (exact) mass is 756 g/mol. The fraction of sp³-hybridized carbons (Fsp3) is 0.250. The van der Waals surface area contributed by atoms with Crippen molar-refractivity contribution in [1.82, 2.24) is 0 Å². The van der Waals surface area contributed by atoms with Crippen LogP contribution in [0.25, 0.3) is 22.3 Å². The van der Waals surface area contributed by atoms with Crippen LogP contribution in [0.1, 0.15) is 73.6 Å². The molecule has 2 heterocycles. The third-order valence-corrected chi connectivity index (χ3v) is 17.3. The van der Waals surface area contributed by atoms with Crippen LogP contribution in [0.4, 0.5) is 34.1 Å². The molecule has 0 amide bonds. The van der Waals surface area contributed by atoms with Crippen LogP contribution in [0.15, 0.2) is 152 Å². The summed E-state index contributed by atoms with van der Waals surface area (Å²) in [5, 5.41) is 0. The first kappa shape index (κ1) is 32.1. The summed E-state index contributed by atoms with van der Waals surface area (Å²) < 4.78 is 0. The van der Waals surface area contributed by atoms with Crippen molar-refractivity contribution < 1.29 is 0 Å². The summed E-state index contributed by atoms with van der Waals surface area (Å²) in [6, 6.07) is 59.4. The molecule has 59 heavy (non-hydrogen) atoms. The molecule has 2 unspecified atom stereocenters. The molecular weight excluding hydrogens is 711 g/mol. The summed E-state index contributed by atoms with van der Waals surface area (Å²) in [5.74, 6) is 3.01. The normalized spacial score (nSPS) is 27.5. The first-order valence-electron chi connectivity index (χ1n) is 22.6. The lowest BCUT2D eigenvalue weighted by Gasteiger charge is -2.47. The quantitative estimate of drug-likeness (QED) is 0.162. The highest BCUT2D eigenvalue weighted by molar-refractivity contribution is 7.00. The molecule has 2 spiro atoms. The average molecular weight is 757 g/mol. The summed E-state index contributed by atoms with van der Waals surface area (Å²) in [7, 11) is 0. The van der Waals surface area contributed by atoms with Crippen LogP contribution in [0.3, 0.4) is 0 Å². The fourth-order valence-electron chi connectivity index (χ4n) is 15.5. The fourth-order valence-corrected chi connectivity index (χ4v) is 15.5. The van der Waals surface area contributed by atoms with Crippen LogP contribution in [-0.2, 0) is 10.8 Å². The lowest BCUT2D eigenvalue weighted by atomic mass is 9.33.